The second-order valence-electron chi connectivity index (χ2n) is 4.71. The van der Waals surface area contributed by atoms with Gasteiger partial charge in [0.2, 0.25) is 0 Å². The Morgan fingerprint density at radius 2 is 1.63 bits per heavy atom. The first-order chi connectivity index (χ1) is 9.15. The van der Waals surface area contributed by atoms with Gasteiger partial charge in [0.05, 0.1) is 25.3 Å². The molecule has 1 aromatic heterocycles. The first-order valence-electron chi connectivity index (χ1n) is 6.83. The number of aromatic nitrogens is 1. The zero-order chi connectivity index (χ0) is 13.9. The molecule has 0 saturated carbocycles. The lowest BCUT2D eigenvalue weighted by molar-refractivity contribution is 0.316. The Balaban J connectivity index is 2.32. The zero-order valence-corrected chi connectivity index (χ0v) is 12.7. The molecule has 0 radical (unpaired) electrons. The molecule has 0 spiro atoms. The maximum absolute atomic E-state index is 5.68. The number of benzene rings is 1. The van der Waals surface area contributed by atoms with E-state index in [0.717, 1.165) is 35.4 Å². The van der Waals surface area contributed by atoms with Gasteiger partial charge in [0.1, 0.15) is 5.69 Å². The van der Waals surface area contributed by atoms with Crippen LogP contribution in [0.4, 0.5) is 10.8 Å². The Hall–Kier alpha value is -1.39. The first-order valence-corrected chi connectivity index (χ1v) is 7.71. The monoisotopic (exact) mass is 276 g/mol. The molecule has 0 bridgehead atoms. The van der Waals surface area contributed by atoms with Crippen LogP contribution in [-0.4, -0.2) is 24.6 Å². The van der Waals surface area contributed by atoms with E-state index in [0.29, 0.717) is 5.13 Å². The third kappa shape index (κ3) is 2.65. The maximum atomic E-state index is 5.68. The summed E-state index contributed by atoms with van der Waals surface area (Å²) in [5.74, 6) is 0. The van der Waals surface area contributed by atoms with Crippen molar-refractivity contribution in [1.82, 2.24) is 9.47 Å². The summed E-state index contributed by atoms with van der Waals surface area (Å²) in [5, 5.41) is 2.63. The van der Waals surface area contributed by atoms with Crippen molar-refractivity contribution in [1.29, 1.82) is 0 Å². The minimum atomic E-state index is 0.625. The lowest BCUT2D eigenvalue weighted by Gasteiger charge is -2.35. The van der Waals surface area contributed by atoms with E-state index in [4.69, 9.17) is 5.73 Å². The number of nitrogens with zero attached hydrogens (tertiary/aromatic N) is 2. The van der Waals surface area contributed by atoms with Gasteiger partial charge in [0.15, 0.2) is 5.13 Å². The van der Waals surface area contributed by atoms with Crippen LogP contribution >= 0.6 is 11.3 Å². The molecular weight excluding hydrogens is 254 g/mol. The number of hydrogen-bond donors (Lipinski definition) is 1. The number of thiazole rings is 1. The molecule has 2 rings (SSSR count). The molecule has 0 aliphatic heterocycles. The molecule has 1 aromatic carbocycles. The smallest absolute Gasteiger partial charge is 0.180 e. The molecule has 2 N–H and O–H groups in total. The van der Waals surface area contributed by atoms with E-state index in [1.807, 2.05) is 5.38 Å². The summed E-state index contributed by atoms with van der Waals surface area (Å²) in [4.78, 5) is 4.32. The highest BCUT2D eigenvalue weighted by molar-refractivity contribution is 7.13. The quantitative estimate of drug-likeness (QED) is 0.845. The fraction of sp³-hybridized carbons (Fsp3) is 0.400. The standard InChI is InChI=1S/C15H22N3S/c1-4-18(5-2,6-3)13-9-7-12(8-10-13)14-11-19-15(16)17-14/h7-11H,4-6H2,1-3H3,(H2,16,17)/q+1. The van der Waals surface area contributed by atoms with E-state index in [1.165, 1.54) is 17.0 Å². The SMILES string of the molecule is CC[N+](CC)(CC)c1ccc(-c2csc(N)n2)cc1. The number of hydrogen-bond acceptors (Lipinski definition) is 3. The molecule has 2 aromatic rings. The average molecular weight is 276 g/mol. The van der Waals surface area contributed by atoms with Gasteiger partial charge in [-0.15, -0.1) is 11.3 Å². The number of nitrogen functional groups attached to an aromatic ring is 1. The lowest BCUT2D eigenvalue weighted by atomic mass is 10.1. The largest absolute Gasteiger partial charge is 0.375 e. The van der Waals surface area contributed by atoms with E-state index >= 15 is 0 Å². The summed E-state index contributed by atoms with van der Waals surface area (Å²) in [7, 11) is 0. The van der Waals surface area contributed by atoms with Crippen LogP contribution in [0.3, 0.4) is 0 Å². The van der Waals surface area contributed by atoms with Gasteiger partial charge in [0, 0.05) is 10.9 Å². The Bertz CT molecular complexity index is 518. The van der Waals surface area contributed by atoms with Crippen molar-refractivity contribution in [2.24, 2.45) is 0 Å². The average Bonchev–Trinajstić information content (AvgIpc) is 2.89. The molecule has 0 atom stereocenters. The highest BCUT2D eigenvalue weighted by Crippen LogP contribution is 2.28. The highest BCUT2D eigenvalue weighted by Gasteiger charge is 2.23. The summed E-state index contributed by atoms with van der Waals surface area (Å²) in [6.45, 7) is 10.1. The number of rotatable bonds is 5. The maximum Gasteiger partial charge on any atom is 0.180 e. The van der Waals surface area contributed by atoms with Crippen LogP contribution in [0.15, 0.2) is 29.6 Å². The van der Waals surface area contributed by atoms with E-state index in [-0.39, 0.29) is 0 Å². The van der Waals surface area contributed by atoms with Crippen molar-refractivity contribution in [2.45, 2.75) is 20.8 Å². The molecule has 4 heteroatoms. The summed E-state index contributed by atoms with van der Waals surface area (Å²) in [6, 6.07) is 8.75. The fourth-order valence-electron chi connectivity index (χ4n) is 2.59. The third-order valence-corrected chi connectivity index (χ3v) is 4.72. The molecular formula is C15H22N3S+. The number of quaternary nitrogens is 1. The molecule has 19 heavy (non-hydrogen) atoms. The minimum absolute atomic E-state index is 0.625. The minimum Gasteiger partial charge on any atom is -0.375 e. The van der Waals surface area contributed by atoms with Crippen molar-refractivity contribution in [3.8, 4) is 11.3 Å². The molecule has 102 valence electrons. The molecule has 3 nitrogen and oxygen atoms in total. The molecule has 1 heterocycles. The number of anilines is 1. The fourth-order valence-corrected chi connectivity index (χ4v) is 3.16. The van der Waals surface area contributed by atoms with Crippen molar-refractivity contribution in [2.75, 3.05) is 25.4 Å². The molecule has 0 aliphatic carbocycles. The van der Waals surface area contributed by atoms with E-state index in [1.54, 1.807) is 0 Å². The molecule has 0 fully saturated rings. The van der Waals surface area contributed by atoms with Crippen LogP contribution in [0.1, 0.15) is 20.8 Å². The van der Waals surface area contributed by atoms with E-state index in [2.05, 4.69) is 50.0 Å². The highest BCUT2D eigenvalue weighted by atomic mass is 32.1. The van der Waals surface area contributed by atoms with Crippen LogP contribution < -0.4 is 10.2 Å². The van der Waals surface area contributed by atoms with Crippen LogP contribution in [-0.2, 0) is 0 Å². The van der Waals surface area contributed by atoms with Crippen LogP contribution in [0.2, 0.25) is 0 Å². The molecule has 0 unspecified atom stereocenters. The van der Waals surface area contributed by atoms with Gasteiger partial charge in [-0.2, -0.15) is 0 Å². The topological polar surface area (TPSA) is 38.9 Å². The predicted molar refractivity (Wildman–Crippen MR) is 85.4 cm³/mol. The predicted octanol–water partition coefficient (Wildman–Crippen LogP) is 3.76. The van der Waals surface area contributed by atoms with Gasteiger partial charge in [-0.05, 0) is 45.0 Å². The van der Waals surface area contributed by atoms with Gasteiger partial charge in [-0.25, -0.2) is 4.98 Å². The van der Waals surface area contributed by atoms with Gasteiger partial charge in [-0.1, -0.05) is 0 Å². The zero-order valence-electron chi connectivity index (χ0n) is 11.9. The molecule has 0 amide bonds. The number of nitrogens with two attached hydrogens (primary N) is 1. The second-order valence-corrected chi connectivity index (χ2v) is 5.60. The molecule has 0 saturated heterocycles. The third-order valence-electron chi connectivity index (χ3n) is 4.05. The van der Waals surface area contributed by atoms with E-state index in [9.17, 15) is 0 Å². The normalized spacial score (nSPS) is 11.7. The van der Waals surface area contributed by atoms with Crippen molar-refractivity contribution < 1.29 is 0 Å². The van der Waals surface area contributed by atoms with Gasteiger partial charge in [-0.3, -0.25) is 4.48 Å². The van der Waals surface area contributed by atoms with Crippen LogP contribution in [0.5, 0.6) is 0 Å². The second kappa shape index (κ2) is 5.72. The van der Waals surface area contributed by atoms with Gasteiger partial charge in [0.25, 0.3) is 0 Å². The summed E-state index contributed by atoms with van der Waals surface area (Å²) >= 11 is 1.49. The summed E-state index contributed by atoms with van der Waals surface area (Å²) in [5.41, 5.74) is 9.16. The Morgan fingerprint density at radius 1 is 1.05 bits per heavy atom. The molecule has 0 aliphatic rings. The summed E-state index contributed by atoms with van der Waals surface area (Å²) in [6.07, 6.45) is 0. The van der Waals surface area contributed by atoms with Crippen LogP contribution in [0.25, 0.3) is 11.3 Å². The van der Waals surface area contributed by atoms with Crippen molar-refractivity contribution >= 4 is 22.2 Å². The van der Waals surface area contributed by atoms with Crippen molar-refractivity contribution in [3.63, 3.8) is 0 Å². The summed E-state index contributed by atoms with van der Waals surface area (Å²) < 4.78 is 1.03. The van der Waals surface area contributed by atoms with Gasteiger partial charge >= 0.3 is 0 Å². The first kappa shape index (κ1) is 14.0. The lowest BCUT2D eigenvalue weighted by Crippen LogP contribution is -2.48. The Kier molecular flexibility index (Phi) is 4.22. The Labute approximate surface area is 119 Å². The van der Waals surface area contributed by atoms with Gasteiger partial charge < -0.3 is 5.73 Å². The Morgan fingerprint density at radius 3 is 2.05 bits per heavy atom. The van der Waals surface area contributed by atoms with E-state index < -0.39 is 0 Å². The van der Waals surface area contributed by atoms with Crippen LogP contribution in [0, 0.1) is 0 Å². The van der Waals surface area contributed by atoms with Crippen molar-refractivity contribution in [3.05, 3.63) is 29.6 Å².